The number of carbonyl (C=O) groups is 2. The van der Waals surface area contributed by atoms with E-state index in [4.69, 9.17) is 10.2 Å². The van der Waals surface area contributed by atoms with Crippen LogP contribution >= 0.6 is 0 Å². The third kappa shape index (κ3) is 1.73. The molecule has 0 radical (unpaired) electrons. The van der Waals surface area contributed by atoms with Gasteiger partial charge in [0, 0.05) is 6.21 Å². The lowest BCUT2D eigenvalue weighted by atomic mass is 9.80. The van der Waals surface area contributed by atoms with Gasteiger partial charge in [-0.1, -0.05) is 19.9 Å². The van der Waals surface area contributed by atoms with Crippen molar-refractivity contribution in [3.8, 4) is 0 Å². The normalized spacial score (nSPS) is 32.6. The topological polar surface area (TPSA) is 87.0 Å². The summed E-state index contributed by atoms with van der Waals surface area (Å²) in [5, 5.41) is 18.1. The Hall–Kier alpha value is -1.65. The van der Waals surface area contributed by atoms with Gasteiger partial charge in [0.1, 0.15) is 5.41 Å². The minimum Gasteiger partial charge on any atom is -0.480 e. The van der Waals surface area contributed by atoms with Crippen molar-refractivity contribution in [2.75, 3.05) is 0 Å². The Kier molecular flexibility index (Phi) is 3.16. The third-order valence-corrected chi connectivity index (χ3v) is 3.07. The van der Waals surface area contributed by atoms with Crippen LogP contribution in [0.1, 0.15) is 26.7 Å². The zero-order valence-electron chi connectivity index (χ0n) is 9.30. The van der Waals surface area contributed by atoms with Crippen LogP contribution in [-0.2, 0) is 9.59 Å². The van der Waals surface area contributed by atoms with Crippen LogP contribution < -0.4 is 0 Å². The third-order valence-electron chi connectivity index (χ3n) is 3.07. The molecule has 0 saturated heterocycles. The number of aliphatic imine (C=N–C) groups is 1. The van der Waals surface area contributed by atoms with Crippen molar-refractivity contribution >= 4 is 18.2 Å². The fraction of sp³-hybridized carbons (Fsp3) is 0.545. The molecule has 0 aromatic heterocycles. The molecular weight excluding hydrogens is 210 g/mol. The predicted octanol–water partition coefficient (Wildman–Crippen LogP) is 1.34. The predicted molar refractivity (Wildman–Crippen MR) is 58.6 cm³/mol. The van der Waals surface area contributed by atoms with Gasteiger partial charge in [0.05, 0.1) is 0 Å². The van der Waals surface area contributed by atoms with E-state index in [1.54, 1.807) is 13.8 Å². The average molecular weight is 225 g/mol. The summed E-state index contributed by atoms with van der Waals surface area (Å²) in [6, 6.07) is 0. The smallest absolute Gasteiger partial charge is 0.335 e. The lowest BCUT2D eigenvalue weighted by Crippen LogP contribution is -2.41. The van der Waals surface area contributed by atoms with E-state index in [1.165, 1.54) is 18.4 Å². The zero-order valence-corrected chi connectivity index (χ0v) is 9.30. The van der Waals surface area contributed by atoms with Crippen LogP contribution in [0.2, 0.25) is 0 Å². The summed E-state index contributed by atoms with van der Waals surface area (Å²) < 4.78 is 0. The van der Waals surface area contributed by atoms with Gasteiger partial charge >= 0.3 is 11.9 Å². The van der Waals surface area contributed by atoms with Gasteiger partial charge in [0.25, 0.3) is 0 Å². The maximum atomic E-state index is 11.1. The zero-order chi connectivity index (χ0) is 12.4. The Morgan fingerprint density at radius 1 is 1.12 bits per heavy atom. The number of dihydropyridines is 1. The Morgan fingerprint density at radius 2 is 1.75 bits per heavy atom. The molecule has 1 rings (SSSR count). The second kappa shape index (κ2) is 4.08. The van der Waals surface area contributed by atoms with Gasteiger partial charge in [-0.25, -0.2) is 4.79 Å². The summed E-state index contributed by atoms with van der Waals surface area (Å²) in [6.45, 7) is 3.43. The summed E-state index contributed by atoms with van der Waals surface area (Å²) in [5.41, 5.74) is -2.46. The number of aliphatic carboxylic acids is 2. The highest BCUT2D eigenvalue weighted by molar-refractivity contribution is 5.99. The SMILES string of the molecule is CCC1(C(=O)O)C=CC(CC)(C(=O)O)N=C1. The molecule has 0 aromatic carbocycles. The van der Waals surface area contributed by atoms with Crippen LogP contribution in [0, 0.1) is 5.41 Å². The number of hydrogen-bond donors (Lipinski definition) is 2. The molecule has 5 heteroatoms. The molecule has 0 aliphatic carbocycles. The summed E-state index contributed by atoms with van der Waals surface area (Å²) in [6.07, 6.45) is 4.70. The molecule has 2 unspecified atom stereocenters. The lowest BCUT2D eigenvalue weighted by Gasteiger charge is -2.29. The molecule has 5 nitrogen and oxygen atoms in total. The van der Waals surface area contributed by atoms with Crippen molar-refractivity contribution in [3.63, 3.8) is 0 Å². The lowest BCUT2D eigenvalue weighted by molar-refractivity contribution is -0.144. The van der Waals surface area contributed by atoms with Crippen LogP contribution in [-0.4, -0.2) is 33.9 Å². The molecule has 2 N–H and O–H groups in total. The van der Waals surface area contributed by atoms with Gasteiger partial charge in [-0.3, -0.25) is 9.79 Å². The first-order chi connectivity index (χ1) is 7.42. The molecule has 0 fully saturated rings. The van der Waals surface area contributed by atoms with Gasteiger partial charge in [-0.05, 0) is 18.9 Å². The molecule has 16 heavy (non-hydrogen) atoms. The number of hydrogen-bond acceptors (Lipinski definition) is 3. The highest BCUT2D eigenvalue weighted by Crippen LogP contribution is 2.31. The van der Waals surface area contributed by atoms with E-state index < -0.39 is 22.9 Å². The fourth-order valence-corrected chi connectivity index (χ4v) is 1.58. The van der Waals surface area contributed by atoms with Crippen LogP contribution in [0.25, 0.3) is 0 Å². The first-order valence-electron chi connectivity index (χ1n) is 5.16. The van der Waals surface area contributed by atoms with Crippen LogP contribution in [0.3, 0.4) is 0 Å². The largest absolute Gasteiger partial charge is 0.480 e. The van der Waals surface area contributed by atoms with Crippen LogP contribution in [0.4, 0.5) is 0 Å². The Balaban J connectivity index is 3.11. The first-order valence-corrected chi connectivity index (χ1v) is 5.16. The van der Waals surface area contributed by atoms with Crippen molar-refractivity contribution in [2.24, 2.45) is 10.4 Å². The van der Waals surface area contributed by atoms with Crippen molar-refractivity contribution in [3.05, 3.63) is 12.2 Å². The van der Waals surface area contributed by atoms with Crippen molar-refractivity contribution in [1.29, 1.82) is 0 Å². The van der Waals surface area contributed by atoms with Crippen molar-refractivity contribution < 1.29 is 19.8 Å². The van der Waals surface area contributed by atoms with Gasteiger partial charge in [-0.15, -0.1) is 0 Å². The number of nitrogens with zero attached hydrogens (tertiary/aromatic N) is 1. The molecule has 88 valence electrons. The number of carboxylic acid groups (broad SMARTS) is 2. The molecule has 1 aliphatic rings. The summed E-state index contributed by atoms with van der Waals surface area (Å²) >= 11 is 0. The molecule has 0 spiro atoms. The minimum absolute atomic E-state index is 0.300. The quantitative estimate of drug-likeness (QED) is 0.707. The van der Waals surface area contributed by atoms with E-state index in [1.807, 2.05) is 0 Å². The molecule has 1 aliphatic heterocycles. The van der Waals surface area contributed by atoms with Crippen molar-refractivity contribution in [2.45, 2.75) is 32.2 Å². The maximum Gasteiger partial charge on any atom is 0.335 e. The van der Waals surface area contributed by atoms with E-state index in [0.29, 0.717) is 12.8 Å². The fourth-order valence-electron chi connectivity index (χ4n) is 1.58. The second-order valence-electron chi connectivity index (χ2n) is 3.87. The number of rotatable bonds is 4. The average Bonchev–Trinajstić information content (AvgIpc) is 2.28. The Labute approximate surface area is 93.5 Å². The highest BCUT2D eigenvalue weighted by Gasteiger charge is 2.42. The van der Waals surface area contributed by atoms with Gasteiger partial charge in [-0.2, -0.15) is 0 Å². The summed E-state index contributed by atoms with van der Waals surface area (Å²) in [7, 11) is 0. The second-order valence-corrected chi connectivity index (χ2v) is 3.87. The number of carboxylic acids is 2. The Morgan fingerprint density at radius 3 is 2.00 bits per heavy atom. The summed E-state index contributed by atoms with van der Waals surface area (Å²) in [5.74, 6) is -2.07. The standard InChI is InChI=1S/C11H15NO4/c1-3-10(8(13)14)5-6-11(4-2,9(15)16)12-7-10/h5-7H,3-4H2,1-2H3,(H,13,14)(H,15,16). The van der Waals surface area contributed by atoms with E-state index in [2.05, 4.69) is 4.99 Å². The van der Waals surface area contributed by atoms with Gasteiger partial charge in [0.2, 0.25) is 0 Å². The van der Waals surface area contributed by atoms with Crippen molar-refractivity contribution in [1.82, 2.24) is 0 Å². The van der Waals surface area contributed by atoms with Crippen LogP contribution in [0.5, 0.6) is 0 Å². The Bertz CT molecular complexity index is 322. The molecule has 0 saturated carbocycles. The molecule has 1 heterocycles. The molecule has 0 bridgehead atoms. The minimum atomic E-state index is -1.30. The highest BCUT2D eigenvalue weighted by atomic mass is 16.4. The van der Waals surface area contributed by atoms with E-state index in [9.17, 15) is 9.59 Å². The van der Waals surface area contributed by atoms with Gasteiger partial charge in [0.15, 0.2) is 5.54 Å². The summed E-state index contributed by atoms with van der Waals surface area (Å²) in [4.78, 5) is 26.1. The molecule has 2 atom stereocenters. The first kappa shape index (κ1) is 12.4. The van der Waals surface area contributed by atoms with E-state index >= 15 is 0 Å². The molecule has 0 aromatic rings. The molecular formula is C11H15NO4. The maximum absolute atomic E-state index is 11.1. The monoisotopic (exact) mass is 225 g/mol. The van der Waals surface area contributed by atoms with Crippen LogP contribution in [0.15, 0.2) is 17.1 Å². The van der Waals surface area contributed by atoms with E-state index in [0.717, 1.165) is 0 Å². The van der Waals surface area contributed by atoms with Gasteiger partial charge < -0.3 is 10.2 Å². The van der Waals surface area contributed by atoms with E-state index in [-0.39, 0.29) is 0 Å². The molecule has 0 amide bonds.